The number of aliphatic hydroxyl groups excluding tert-OH is 2. The number of unbranched alkanes of at least 4 members (excludes halogenated alkanes) is 3. The first kappa shape index (κ1) is 24.2. The zero-order valence-electron chi connectivity index (χ0n) is 18.8. The Labute approximate surface area is 189 Å². The lowest BCUT2D eigenvalue weighted by molar-refractivity contribution is -0.141. The molecular formula is C24H34N2O6. The van der Waals surface area contributed by atoms with E-state index in [-0.39, 0.29) is 31.6 Å². The predicted octanol–water partition coefficient (Wildman–Crippen LogP) is 1.36. The van der Waals surface area contributed by atoms with Crippen LogP contribution in [0, 0.1) is 0 Å². The summed E-state index contributed by atoms with van der Waals surface area (Å²) in [6.45, 7) is 2.41. The van der Waals surface area contributed by atoms with Crippen LogP contribution in [0.3, 0.4) is 0 Å². The van der Waals surface area contributed by atoms with Gasteiger partial charge in [-0.1, -0.05) is 44.4 Å². The molecule has 1 aliphatic carbocycles. The largest absolute Gasteiger partial charge is 0.486 e. The van der Waals surface area contributed by atoms with Crippen LogP contribution >= 0.6 is 0 Å². The van der Waals surface area contributed by atoms with Crippen molar-refractivity contribution in [1.29, 1.82) is 0 Å². The van der Waals surface area contributed by atoms with Gasteiger partial charge >= 0.3 is 0 Å². The smallest absolute Gasteiger partial charge is 0.249 e. The van der Waals surface area contributed by atoms with Gasteiger partial charge in [0.05, 0.1) is 18.6 Å². The molecule has 0 bridgehead atoms. The molecule has 32 heavy (non-hydrogen) atoms. The molecule has 0 spiro atoms. The van der Waals surface area contributed by atoms with Gasteiger partial charge in [0.15, 0.2) is 0 Å². The average Bonchev–Trinajstić information content (AvgIpc) is 3.19. The van der Waals surface area contributed by atoms with Crippen molar-refractivity contribution in [3.05, 3.63) is 41.5 Å². The van der Waals surface area contributed by atoms with E-state index in [1.54, 1.807) is 11.0 Å². The highest BCUT2D eigenvalue weighted by Crippen LogP contribution is 2.47. The summed E-state index contributed by atoms with van der Waals surface area (Å²) in [7, 11) is 1.46. The van der Waals surface area contributed by atoms with E-state index in [2.05, 4.69) is 12.2 Å². The molecule has 3 N–H and O–H groups in total. The Morgan fingerprint density at radius 1 is 1.22 bits per heavy atom. The van der Waals surface area contributed by atoms with Crippen LogP contribution < -0.4 is 10.1 Å². The summed E-state index contributed by atoms with van der Waals surface area (Å²) in [4.78, 5) is 27.5. The van der Waals surface area contributed by atoms with E-state index in [9.17, 15) is 14.7 Å². The van der Waals surface area contributed by atoms with Crippen molar-refractivity contribution in [2.45, 2.75) is 56.8 Å². The van der Waals surface area contributed by atoms with Crippen molar-refractivity contribution in [1.82, 2.24) is 10.2 Å². The van der Waals surface area contributed by atoms with E-state index < -0.39 is 24.2 Å². The molecule has 4 atom stereocenters. The Bertz CT molecular complexity index is 826. The number of methoxy groups -OCH3 is 1. The second-order valence-corrected chi connectivity index (χ2v) is 8.26. The summed E-state index contributed by atoms with van der Waals surface area (Å²) in [5, 5.41) is 23.2. The number of aliphatic hydroxyl groups is 2. The van der Waals surface area contributed by atoms with Gasteiger partial charge in [0.1, 0.15) is 24.6 Å². The van der Waals surface area contributed by atoms with Crippen molar-refractivity contribution in [3.8, 4) is 5.75 Å². The molecule has 1 aromatic carbocycles. The number of hydrogen-bond donors (Lipinski definition) is 3. The van der Waals surface area contributed by atoms with Crippen molar-refractivity contribution < 1.29 is 29.3 Å². The van der Waals surface area contributed by atoms with Gasteiger partial charge < -0.3 is 29.9 Å². The third-order valence-corrected chi connectivity index (χ3v) is 6.08. The summed E-state index contributed by atoms with van der Waals surface area (Å²) < 4.78 is 11.2. The zero-order chi connectivity index (χ0) is 23.1. The number of ether oxygens (including phenoxy) is 2. The fraction of sp³-hybridized carbons (Fsp3) is 0.583. The van der Waals surface area contributed by atoms with Gasteiger partial charge in [-0.15, -0.1) is 0 Å². The van der Waals surface area contributed by atoms with Crippen LogP contribution in [-0.4, -0.2) is 78.6 Å². The van der Waals surface area contributed by atoms with Crippen LogP contribution in [0.1, 0.15) is 44.1 Å². The highest BCUT2D eigenvalue weighted by atomic mass is 16.5. The zero-order valence-corrected chi connectivity index (χ0v) is 18.8. The predicted molar refractivity (Wildman–Crippen MR) is 119 cm³/mol. The maximum absolute atomic E-state index is 13.0. The molecule has 0 fully saturated rings. The topological polar surface area (TPSA) is 108 Å². The van der Waals surface area contributed by atoms with Gasteiger partial charge in [0.25, 0.3) is 0 Å². The molecule has 1 heterocycles. The van der Waals surface area contributed by atoms with Crippen LogP contribution in [0.5, 0.6) is 5.75 Å². The molecule has 0 saturated heterocycles. The molecule has 8 heteroatoms. The van der Waals surface area contributed by atoms with Gasteiger partial charge in [0.2, 0.25) is 11.8 Å². The molecule has 0 radical (unpaired) electrons. The van der Waals surface area contributed by atoms with Crippen LogP contribution in [0.2, 0.25) is 0 Å². The van der Waals surface area contributed by atoms with Crippen LogP contribution in [0.25, 0.3) is 0 Å². The van der Waals surface area contributed by atoms with Crippen LogP contribution in [0.15, 0.2) is 35.9 Å². The third-order valence-electron chi connectivity index (χ3n) is 6.08. The number of nitrogens with one attached hydrogen (secondary N) is 1. The van der Waals surface area contributed by atoms with E-state index in [4.69, 9.17) is 14.6 Å². The number of nitrogens with zero attached hydrogens (tertiary/aromatic N) is 1. The lowest BCUT2D eigenvalue weighted by atomic mass is 9.77. The fourth-order valence-corrected chi connectivity index (χ4v) is 4.55. The van der Waals surface area contributed by atoms with E-state index in [1.807, 2.05) is 24.3 Å². The van der Waals surface area contributed by atoms with E-state index >= 15 is 0 Å². The molecule has 1 aromatic rings. The Hall–Kier alpha value is -2.42. The van der Waals surface area contributed by atoms with Gasteiger partial charge in [-0.25, -0.2) is 0 Å². The minimum absolute atomic E-state index is 0.105. The lowest BCUT2D eigenvalue weighted by Crippen LogP contribution is -2.56. The third kappa shape index (κ3) is 5.14. The first-order chi connectivity index (χ1) is 15.5. The molecule has 0 aromatic heterocycles. The molecule has 8 nitrogen and oxygen atoms in total. The summed E-state index contributed by atoms with van der Waals surface area (Å²) >= 11 is 0. The quantitative estimate of drug-likeness (QED) is 0.443. The monoisotopic (exact) mass is 446 g/mol. The van der Waals surface area contributed by atoms with Crippen molar-refractivity contribution in [2.75, 3.05) is 33.4 Å². The number of benzene rings is 1. The summed E-state index contributed by atoms with van der Waals surface area (Å²) in [5.74, 6) is -0.402. The SMILES string of the molecule is CCCCCCN(C(=O)COC)[C@@H]1C=C(C(=O)NCCO)[C@@H]2c3ccccc3O[C@@H]2[C@H]1O. The number of carbonyl (C=O) groups is 2. The number of amides is 2. The Balaban J connectivity index is 1.96. The van der Waals surface area contributed by atoms with E-state index in [0.717, 1.165) is 31.2 Å². The van der Waals surface area contributed by atoms with Gasteiger partial charge in [-0.05, 0) is 18.6 Å². The summed E-state index contributed by atoms with van der Waals surface area (Å²) in [6, 6.07) is 6.70. The normalized spacial score (nSPS) is 23.6. The summed E-state index contributed by atoms with van der Waals surface area (Å²) in [5.41, 5.74) is 1.27. The van der Waals surface area contributed by atoms with Crippen LogP contribution in [0.4, 0.5) is 0 Å². The van der Waals surface area contributed by atoms with E-state index in [1.165, 1.54) is 7.11 Å². The van der Waals surface area contributed by atoms with E-state index in [0.29, 0.717) is 17.9 Å². The Morgan fingerprint density at radius 2 is 2.00 bits per heavy atom. The van der Waals surface area contributed by atoms with Crippen molar-refractivity contribution >= 4 is 11.8 Å². The highest BCUT2D eigenvalue weighted by Gasteiger charge is 2.50. The molecular weight excluding hydrogens is 412 g/mol. The minimum atomic E-state index is -1.01. The number of rotatable bonds is 11. The highest BCUT2D eigenvalue weighted by molar-refractivity contribution is 5.96. The maximum atomic E-state index is 13.0. The van der Waals surface area contributed by atoms with Gasteiger partial charge in [0, 0.05) is 31.3 Å². The second kappa shape index (κ2) is 11.4. The van der Waals surface area contributed by atoms with Gasteiger partial charge in [-0.3, -0.25) is 9.59 Å². The second-order valence-electron chi connectivity index (χ2n) is 8.26. The molecule has 176 valence electrons. The lowest BCUT2D eigenvalue weighted by Gasteiger charge is -2.40. The molecule has 2 aliphatic rings. The van der Waals surface area contributed by atoms with Gasteiger partial charge in [-0.2, -0.15) is 0 Å². The number of carbonyl (C=O) groups excluding carboxylic acids is 2. The number of fused-ring (bicyclic) bond motifs is 3. The minimum Gasteiger partial charge on any atom is -0.486 e. The first-order valence-corrected chi connectivity index (χ1v) is 11.4. The maximum Gasteiger partial charge on any atom is 0.249 e. The molecule has 2 amide bonds. The molecule has 0 unspecified atom stereocenters. The molecule has 0 saturated carbocycles. The van der Waals surface area contributed by atoms with Crippen molar-refractivity contribution in [2.24, 2.45) is 0 Å². The summed E-state index contributed by atoms with van der Waals surface area (Å²) in [6.07, 6.45) is 3.90. The fourth-order valence-electron chi connectivity index (χ4n) is 4.55. The standard InChI is InChI=1S/C24H34N2O6/c1-3-4-5-8-12-26(20(28)15-31-2)18-14-17(24(30)25-11-13-27)21-16-9-6-7-10-19(16)32-23(21)22(18)29/h6-7,9-10,14,18,21-23,27,29H,3-5,8,11-13,15H2,1-2H3,(H,25,30)/t18-,21+,22+,23+/m1/s1. The first-order valence-electron chi connectivity index (χ1n) is 11.4. The van der Waals surface area contributed by atoms with Crippen molar-refractivity contribution in [3.63, 3.8) is 0 Å². The van der Waals surface area contributed by atoms with Crippen LogP contribution in [-0.2, 0) is 14.3 Å². The number of hydrogen-bond acceptors (Lipinski definition) is 6. The molecule has 1 aliphatic heterocycles. The average molecular weight is 447 g/mol. The molecule has 3 rings (SSSR count). The Kier molecular flexibility index (Phi) is 8.67. The number of para-hydroxylation sites is 1. The Morgan fingerprint density at radius 3 is 2.72 bits per heavy atom.